The van der Waals surface area contributed by atoms with Gasteiger partial charge in [-0.2, -0.15) is 0 Å². The van der Waals surface area contributed by atoms with Crippen LogP contribution in [-0.2, 0) is 17.1 Å². The van der Waals surface area contributed by atoms with Crippen molar-refractivity contribution in [3.8, 4) is 23.3 Å². The molecule has 2 aliphatic carbocycles. The average molecular weight is 382 g/mol. The Morgan fingerprint density at radius 2 is 1.04 bits per heavy atom. The van der Waals surface area contributed by atoms with E-state index >= 15 is 0 Å². The fourth-order valence-corrected chi connectivity index (χ4v) is 2.34. The maximum atomic E-state index is 3.36. The van der Waals surface area contributed by atoms with Crippen molar-refractivity contribution in [2.75, 3.05) is 0 Å². The van der Waals surface area contributed by atoms with Crippen molar-refractivity contribution in [2.45, 2.75) is 19.6 Å². The summed E-state index contributed by atoms with van der Waals surface area (Å²) < 4.78 is 0. The molecule has 0 heterocycles. The topological polar surface area (TPSA) is 0 Å². The number of hydrogen-bond acceptors (Lipinski definition) is 0. The molecule has 25 heavy (non-hydrogen) atoms. The van der Waals surface area contributed by atoms with Gasteiger partial charge < -0.3 is 0 Å². The fraction of sp³-hybridized carbons (Fsp3) is 0.130. The summed E-state index contributed by atoms with van der Waals surface area (Å²) >= 11 is 0. The summed E-state index contributed by atoms with van der Waals surface area (Å²) in [5, 5.41) is 0. The van der Waals surface area contributed by atoms with Gasteiger partial charge in [0.15, 0.2) is 0 Å². The van der Waals surface area contributed by atoms with E-state index in [4.69, 9.17) is 0 Å². The molecule has 124 valence electrons. The normalized spacial score (nSPS) is 16.4. The molecular formula is C23H22FeSi+2. The Labute approximate surface area is 167 Å². The summed E-state index contributed by atoms with van der Waals surface area (Å²) in [6.45, 7) is 6.75. The second kappa shape index (κ2) is 11.6. The largest absolute Gasteiger partial charge is 2.00 e. The zero-order valence-electron chi connectivity index (χ0n) is 14.9. The van der Waals surface area contributed by atoms with E-state index in [9.17, 15) is 0 Å². The van der Waals surface area contributed by atoms with Crippen molar-refractivity contribution < 1.29 is 17.1 Å². The Morgan fingerprint density at radius 3 is 1.48 bits per heavy atom. The van der Waals surface area contributed by atoms with Gasteiger partial charge in [0.1, 0.15) is 8.07 Å². The average Bonchev–Trinajstić information content (AvgIpc) is 3.27. The van der Waals surface area contributed by atoms with E-state index in [1.165, 1.54) is 0 Å². The van der Waals surface area contributed by atoms with E-state index in [1.807, 2.05) is 82.1 Å². The van der Waals surface area contributed by atoms with E-state index in [0.717, 1.165) is 17.0 Å². The van der Waals surface area contributed by atoms with Crippen LogP contribution in [0.15, 0.2) is 24.3 Å². The van der Waals surface area contributed by atoms with Gasteiger partial charge in [-0.1, -0.05) is 37.4 Å². The van der Waals surface area contributed by atoms with Crippen molar-refractivity contribution in [2.24, 2.45) is 0 Å². The predicted molar refractivity (Wildman–Crippen MR) is 105 cm³/mol. The molecule has 2 fully saturated rings. The molecule has 0 N–H and O–H groups in total. The molecule has 10 radical (unpaired) electrons. The second-order valence-electron chi connectivity index (χ2n) is 6.46. The van der Waals surface area contributed by atoms with Crippen molar-refractivity contribution in [3.05, 3.63) is 99.1 Å². The van der Waals surface area contributed by atoms with Crippen molar-refractivity contribution >= 4 is 8.07 Å². The van der Waals surface area contributed by atoms with Gasteiger partial charge in [-0.3, -0.25) is 0 Å². The first-order chi connectivity index (χ1) is 11.5. The summed E-state index contributed by atoms with van der Waals surface area (Å²) in [5.41, 5.74) is 5.46. The molecule has 2 heteroatoms. The molecule has 0 aromatic heterocycles. The molecule has 3 rings (SSSR count). The van der Waals surface area contributed by atoms with Crippen LogP contribution >= 0.6 is 0 Å². The van der Waals surface area contributed by atoms with Crippen LogP contribution in [0.1, 0.15) is 11.1 Å². The molecule has 1 aromatic rings. The van der Waals surface area contributed by atoms with E-state index in [2.05, 4.69) is 42.9 Å². The van der Waals surface area contributed by atoms with E-state index in [1.54, 1.807) is 0 Å². The van der Waals surface area contributed by atoms with Crippen LogP contribution in [-0.4, -0.2) is 8.07 Å². The molecule has 0 nitrogen and oxygen atoms in total. The molecule has 0 atom stereocenters. The van der Waals surface area contributed by atoms with Gasteiger partial charge in [0, 0.05) is 11.1 Å². The number of rotatable bonds is 0. The van der Waals surface area contributed by atoms with Gasteiger partial charge in [0.05, 0.1) is 5.92 Å². The molecule has 0 unspecified atom stereocenters. The zero-order valence-corrected chi connectivity index (χ0v) is 17.0. The summed E-state index contributed by atoms with van der Waals surface area (Å²) in [6, 6.07) is 8.15. The molecule has 1 aromatic carbocycles. The van der Waals surface area contributed by atoms with Crippen LogP contribution in [0.4, 0.5) is 0 Å². The van der Waals surface area contributed by atoms with E-state index in [-0.39, 0.29) is 17.1 Å². The maximum Gasteiger partial charge on any atom is 2.00 e. The number of benzene rings is 1. The Kier molecular flexibility index (Phi) is 10.3. The second-order valence-corrected chi connectivity index (χ2v) is 11.2. The van der Waals surface area contributed by atoms with Crippen LogP contribution in [0.25, 0.3) is 0 Å². The van der Waals surface area contributed by atoms with Gasteiger partial charge in [-0.15, -0.1) is 5.54 Å². The van der Waals surface area contributed by atoms with Crippen LogP contribution in [0.3, 0.4) is 0 Å². The summed E-state index contributed by atoms with van der Waals surface area (Å²) in [5.74, 6) is 10.6. The first-order valence-corrected chi connectivity index (χ1v) is 11.6. The van der Waals surface area contributed by atoms with Gasteiger partial charge in [-0.05, 0) is 82.1 Å². The van der Waals surface area contributed by atoms with E-state index in [0.29, 0.717) is 0 Å². The van der Waals surface area contributed by atoms with E-state index < -0.39 is 8.07 Å². The smallest absolute Gasteiger partial charge is 0.127 e. The Morgan fingerprint density at radius 1 is 0.600 bits per heavy atom. The van der Waals surface area contributed by atoms with Crippen molar-refractivity contribution in [1.29, 1.82) is 0 Å². The first-order valence-electron chi connectivity index (χ1n) is 8.07. The summed E-state index contributed by atoms with van der Waals surface area (Å²) in [4.78, 5) is 0. The molecule has 0 aliphatic heterocycles. The van der Waals surface area contributed by atoms with Crippen LogP contribution in [0.2, 0.25) is 19.6 Å². The monoisotopic (exact) mass is 382 g/mol. The van der Waals surface area contributed by atoms with Crippen LogP contribution < -0.4 is 0 Å². The predicted octanol–water partition coefficient (Wildman–Crippen LogP) is 4.69. The van der Waals surface area contributed by atoms with Gasteiger partial charge in [0.2, 0.25) is 0 Å². The third-order valence-corrected chi connectivity index (χ3v) is 3.91. The van der Waals surface area contributed by atoms with Gasteiger partial charge >= 0.3 is 17.1 Å². The van der Waals surface area contributed by atoms with Crippen LogP contribution in [0.5, 0.6) is 0 Å². The number of hydrogen-bond donors (Lipinski definition) is 0. The van der Waals surface area contributed by atoms with Gasteiger partial charge in [-0.25, -0.2) is 0 Å². The quantitative estimate of drug-likeness (QED) is 0.451. The molecule has 0 spiro atoms. The first kappa shape index (κ1) is 22.1. The Bertz CT molecular complexity index is 599. The summed E-state index contributed by atoms with van der Waals surface area (Å²) in [6.07, 6.45) is 18.0. The minimum atomic E-state index is -1.29. The maximum absolute atomic E-state index is 3.36. The minimum Gasteiger partial charge on any atom is -0.127 e. The standard InChI is InChI=1S/C18H17Si.C5H5.Fe/c1-19(2,3)15-14-18-12-10-17(11-13-18)9-8-16-6-4-5-7-16;1-2-4-5-3-1;/h4-7,10-13H,1-3H3;1-5H;/q;;+2. The molecule has 0 bridgehead atoms. The van der Waals surface area contributed by atoms with Gasteiger partial charge in [0.25, 0.3) is 0 Å². The van der Waals surface area contributed by atoms with Crippen LogP contribution in [0, 0.1) is 87.0 Å². The molecule has 0 amide bonds. The summed E-state index contributed by atoms with van der Waals surface area (Å²) in [7, 11) is -1.29. The van der Waals surface area contributed by atoms with Crippen molar-refractivity contribution in [1.82, 2.24) is 0 Å². The fourth-order valence-electron chi connectivity index (χ4n) is 1.82. The SMILES string of the molecule is C[Si](C)(C)C#Cc1ccc(C#C[C]2[CH][CH][CH][CH]2)cc1.[CH]1[CH][CH][CH][CH]1.[Fe+2]. The third kappa shape index (κ3) is 9.96. The Balaban J connectivity index is 0.000000448. The Hall–Kier alpha value is -0.924. The van der Waals surface area contributed by atoms with Crippen molar-refractivity contribution in [3.63, 3.8) is 0 Å². The molecule has 2 saturated carbocycles. The third-order valence-electron chi connectivity index (χ3n) is 3.04. The molecule has 2 aliphatic rings. The minimum absolute atomic E-state index is 0. The molecular weight excluding hydrogens is 360 g/mol. The zero-order chi connectivity index (χ0) is 17.3. The molecule has 0 saturated heterocycles.